The highest BCUT2D eigenvalue weighted by Gasteiger charge is 2.18. The van der Waals surface area contributed by atoms with E-state index < -0.39 is 0 Å². The highest BCUT2D eigenvalue weighted by Crippen LogP contribution is 2.25. The van der Waals surface area contributed by atoms with E-state index >= 15 is 0 Å². The van der Waals surface area contributed by atoms with Gasteiger partial charge in [0, 0.05) is 48.5 Å². The Morgan fingerprint density at radius 1 is 1.10 bits per heavy atom. The number of hydrogen-bond acceptors (Lipinski definition) is 6. The molecule has 0 radical (unpaired) electrons. The van der Waals surface area contributed by atoms with Crippen molar-refractivity contribution in [1.82, 2.24) is 29.5 Å². The maximum atomic E-state index is 12.6. The zero-order valence-corrected chi connectivity index (χ0v) is 15.6. The van der Waals surface area contributed by atoms with Gasteiger partial charge in [-0.1, -0.05) is 0 Å². The number of rotatable bonds is 4. The summed E-state index contributed by atoms with van der Waals surface area (Å²) >= 11 is 0. The Balaban J connectivity index is 1.38. The molecule has 29 heavy (non-hydrogen) atoms. The van der Waals surface area contributed by atoms with Crippen LogP contribution in [0.15, 0.2) is 55.2 Å². The van der Waals surface area contributed by atoms with Gasteiger partial charge in [-0.25, -0.2) is 9.97 Å². The molecule has 4 heterocycles. The maximum absolute atomic E-state index is 12.6. The average Bonchev–Trinajstić information content (AvgIpc) is 3.47. The number of anilines is 2. The number of fused-ring (bicyclic) bond motifs is 1. The second-order valence-electron chi connectivity index (χ2n) is 6.71. The van der Waals surface area contributed by atoms with Gasteiger partial charge in [-0.3, -0.25) is 14.3 Å². The quantitative estimate of drug-likeness (QED) is 0.556. The smallest absolute Gasteiger partial charge is 0.254 e. The van der Waals surface area contributed by atoms with Crippen molar-refractivity contribution in [3.63, 3.8) is 0 Å². The predicted molar refractivity (Wildman–Crippen MR) is 107 cm³/mol. The van der Waals surface area contributed by atoms with E-state index in [-0.39, 0.29) is 5.91 Å². The number of nitrogens with one attached hydrogen (secondary N) is 2. The van der Waals surface area contributed by atoms with Crippen LogP contribution in [-0.2, 0) is 4.74 Å². The molecule has 1 aromatic carbocycles. The number of ether oxygens (including phenoxy) is 1. The molecule has 0 unspecified atom stereocenters. The summed E-state index contributed by atoms with van der Waals surface area (Å²) in [6, 6.07) is 7.39. The predicted octanol–water partition coefficient (Wildman–Crippen LogP) is 2.34. The topological polar surface area (TPSA) is 100 Å². The van der Waals surface area contributed by atoms with Crippen molar-refractivity contribution >= 4 is 23.1 Å². The Hall–Kier alpha value is -3.72. The van der Waals surface area contributed by atoms with Gasteiger partial charge in [-0.15, -0.1) is 0 Å². The summed E-state index contributed by atoms with van der Waals surface area (Å²) in [4.78, 5) is 23.4. The molecule has 0 aliphatic carbocycles. The van der Waals surface area contributed by atoms with E-state index in [9.17, 15) is 4.79 Å². The molecule has 1 aliphatic heterocycles. The number of morpholine rings is 1. The molecule has 0 spiro atoms. The molecule has 1 amide bonds. The molecule has 0 bridgehead atoms. The standard InChI is InChI=1S/C20H19N7O2/c28-20(26-7-9-29-10-8-26)14-1-3-16(4-2-14)25-18-19-21-5-6-27(19)17(13-22-18)15-11-23-24-12-15/h1-6,11-13H,7-10H2,(H,22,25)(H,23,24). The van der Waals surface area contributed by atoms with E-state index in [0.29, 0.717) is 43.3 Å². The highest BCUT2D eigenvalue weighted by atomic mass is 16.5. The van der Waals surface area contributed by atoms with Crippen LogP contribution in [0.5, 0.6) is 0 Å². The van der Waals surface area contributed by atoms with Crippen molar-refractivity contribution in [3.8, 4) is 11.3 Å². The lowest BCUT2D eigenvalue weighted by Gasteiger charge is -2.26. The van der Waals surface area contributed by atoms with Gasteiger partial charge in [0.15, 0.2) is 11.5 Å². The molecule has 2 N–H and O–H groups in total. The summed E-state index contributed by atoms with van der Waals surface area (Å²) in [5.74, 6) is 0.660. The number of amides is 1. The summed E-state index contributed by atoms with van der Waals surface area (Å²) in [5, 5.41) is 10.1. The Morgan fingerprint density at radius 2 is 1.93 bits per heavy atom. The Labute approximate surface area is 166 Å². The number of nitrogens with zero attached hydrogens (tertiary/aromatic N) is 5. The number of H-pyrrole nitrogens is 1. The number of benzene rings is 1. The molecule has 1 saturated heterocycles. The van der Waals surface area contributed by atoms with Crippen molar-refractivity contribution in [2.45, 2.75) is 0 Å². The van der Waals surface area contributed by atoms with Gasteiger partial charge in [0.2, 0.25) is 0 Å². The van der Waals surface area contributed by atoms with Crippen LogP contribution >= 0.6 is 0 Å². The van der Waals surface area contributed by atoms with E-state index in [1.807, 2.05) is 46.0 Å². The number of carbonyl (C=O) groups is 1. The van der Waals surface area contributed by atoms with Crippen LogP contribution in [0.1, 0.15) is 10.4 Å². The average molecular weight is 389 g/mol. The fourth-order valence-electron chi connectivity index (χ4n) is 3.39. The normalized spacial score (nSPS) is 14.3. The molecule has 1 aliphatic rings. The molecule has 9 nitrogen and oxygen atoms in total. The minimum atomic E-state index is 0.0260. The van der Waals surface area contributed by atoms with Crippen molar-refractivity contribution in [2.75, 3.05) is 31.6 Å². The molecule has 0 atom stereocenters. The number of imidazole rings is 1. The van der Waals surface area contributed by atoms with Crippen molar-refractivity contribution < 1.29 is 9.53 Å². The van der Waals surface area contributed by atoms with Crippen molar-refractivity contribution in [2.24, 2.45) is 0 Å². The van der Waals surface area contributed by atoms with Crippen LogP contribution in [0.2, 0.25) is 0 Å². The maximum Gasteiger partial charge on any atom is 0.254 e. The van der Waals surface area contributed by atoms with Crippen LogP contribution in [0, 0.1) is 0 Å². The van der Waals surface area contributed by atoms with Gasteiger partial charge in [0.05, 0.1) is 31.3 Å². The van der Waals surface area contributed by atoms with Crippen molar-refractivity contribution in [1.29, 1.82) is 0 Å². The van der Waals surface area contributed by atoms with E-state index in [4.69, 9.17) is 4.74 Å². The molecule has 3 aromatic heterocycles. The van der Waals surface area contributed by atoms with E-state index in [2.05, 4.69) is 25.5 Å². The molecule has 4 aromatic rings. The molecule has 5 rings (SSSR count). The summed E-state index contributed by atoms with van der Waals surface area (Å²) < 4.78 is 7.26. The lowest BCUT2D eigenvalue weighted by Crippen LogP contribution is -2.40. The largest absolute Gasteiger partial charge is 0.378 e. The molecular weight excluding hydrogens is 370 g/mol. The van der Waals surface area contributed by atoms with Gasteiger partial charge in [0.25, 0.3) is 5.91 Å². The summed E-state index contributed by atoms with van der Waals surface area (Å²) in [6.45, 7) is 2.44. The number of hydrogen-bond donors (Lipinski definition) is 2. The first-order valence-corrected chi connectivity index (χ1v) is 9.35. The zero-order chi connectivity index (χ0) is 19.6. The molecule has 1 fully saturated rings. The second-order valence-corrected chi connectivity index (χ2v) is 6.71. The first kappa shape index (κ1) is 17.4. The lowest BCUT2D eigenvalue weighted by atomic mass is 10.1. The Bertz CT molecular complexity index is 1130. The van der Waals surface area contributed by atoms with Gasteiger partial charge < -0.3 is 15.0 Å². The number of aromatic nitrogens is 5. The van der Waals surface area contributed by atoms with E-state index in [1.54, 1.807) is 18.6 Å². The number of aromatic amines is 1. The van der Waals surface area contributed by atoms with E-state index in [1.165, 1.54) is 0 Å². The minimum Gasteiger partial charge on any atom is -0.378 e. The SMILES string of the molecule is O=C(c1ccc(Nc2ncc(-c3cn[nH]c3)n3ccnc23)cc1)N1CCOCC1. The third-order valence-corrected chi connectivity index (χ3v) is 4.91. The fourth-order valence-corrected chi connectivity index (χ4v) is 3.39. The summed E-state index contributed by atoms with van der Waals surface area (Å²) in [6.07, 6.45) is 8.95. The monoisotopic (exact) mass is 389 g/mol. The van der Waals surface area contributed by atoms with Crippen molar-refractivity contribution in [3.05, 3.63) is 60.8 Å². The van der Waals surface area contributed by atoms with Crippen LogP contribution in [0.3, 0.4) is 0 Å². The minimum absolute atomic E-state index is 0.0260. The number of carbonyl (C=O) groups excluding carboxylic acids is 1. The van der Waals surface area contributed by atoms with Crippen LogP contribution in [0.25, 0.3) is 16.9 Å². The van der Waals surface area contributed by atoms with Crippen LogP contribution in [0.4, 0.5) is 11.5 Å². The summed E-state index contributed by atoms with van der Waals surface area (Å²) in [5.41, 5.74) is 4.02. The summed E-state index contributed by atoms with van der Waals surface area (Å²) in [7, 11) is 0. The molecular formula is C20H19N7O2. The lowest BCUT2D eigenvalue weighted by molar-refractivity contribution is 0.0303. The Kier molecular flexibility index (Phi) is 4.41. The van der Waals surface area contributed by atoms with Crippen LogP contribution < -0.4 is 5.32 Å². The van der Waals surface area contributed by atoms with Gasteiger partial charge in [-0.05, 0) is 24.3 Å². The Morgan fingerprint density at radius 3 is 2.69 bits per heavy atom. The van der Waals surface area contributed by atoms with E-state index in [0.717, 1.165) is 16.9 Å². The zero-order valence-electron chi connectivity index (χ0n) is 15.6. The van der Waals surface area contributed by atoms with Gasteiger partial charge >= 0.3 is 0 Å². The first-order valence-electron chi connectivity index (χ1n) is 9.35. The third kappa shape index (κ3) is 3.32. The second kappa shape index (κ2) is 7.36. The van der Waals surface area contributed by atoms with Gasteiger partial charge in [0.1, 0.15) is 0 Å². The van der Waals surface area contributed by atoms with Gasteiger partial charge in [-0.2, -0.15) is 5.10 Å². The molecule has 9 heteroatoms. The fraction of sp³-hybridized carbons (Fsp3) is 0.200. The first-order chi connectivity index (χ1) is 14.3. The highest BCUT2D eigenvalue weighted by molar-refractivity contribution is 5.94. The molecule has 146 valence electrons. The molecule has 0 saturated carbocycles. The third-order valence-electron chi connectivity index (χ3n) is 4.91. The van der Waals surface area contributed by atoms with Crippen LogP contribution in [-0.4, -0.2) is 61.7 Å².